The lowest BCUT2D eigenvalue weighted by Gasteiger charge is -2.06. The quantitative estimate of drug-likeness (QED) is 0.649. The van der Waals surface area contributed by atoms with Gasteiger partial charge in [-0.2, -0.15) is 0 Å². The molecule has 0 atom stereocenters. The number of nitrogens with one attached hydrogen (secondary N) is 1. The molecule has 1 heteroatoms. The van der Waals surface area contributed by atoms with E-state index in [1.54, 1.807) is 18.4 Å². The van der Waals surface area contributed by atoms with Crippen LogP contribution < -0.4 is 5.32 Å². The molecule has 0 heterocycles. The minimum atomic E-state index is 0.986. The van der Waals surface area contributed by atoms with Gasteiger partial charge in [-0.25, -0.2) is 0 Å². The maximum absolute atomic E-state index is 3.70. The lowest BCUT2D eigenvalue weighted by atomic mass is 10.1. The molecular weight excluding hydrogens is 170 g/mol. The van der Waals surface area contributed by atoms with Crippen LogP contribution in [-0.2, 0) is 0 Å². The zero-order valence-electron chi connectivity index (χ0n) is 9.51. The molecule has 78 valence electrons. The molecule has 14 heavy (non-hydrogen) atoms. The predicted octanol–water partition coefficient (Wildman–Crippen LogP) is 3.95. The molecule has 0 aromatic carbocycles. The Hall–Kier alpha value is -1.50. The summed E-state index contributed by atoms with van der Waals surface area (Å²) in [6.45, 7) is 16.9. The van der Waals surface area contributed by atoms with Gasteiger partial charge in [-0.3, -0.25) is 0 Å². The van der Waals surface area contributed by atoms with E-state index in [-0.39, 0.29) is 0 Å². The van der Waals surface area contributed by atoms with Crippen molar-refractivity contribution >= 4 is 0 Å². The second-order valence-corrected chi connectivity index (χ2v) is 2.11. The van der Waals surface area contributed by atoms with Crippen molar-refractivity contribution in [3.8, 4) is 0 Å². The molecule has 0 bridgehead atoms. The van der Waals surface area contributed by atoms with Gasteiger partial charge in [-0.1, -0.05) is 57.9 Å². The smallest absolute Gasteiger partial charge is 0.0409 e. The van der Waals surface area contributed by atoms with Crippen LogP contribution in [0.2, 0.25) is 0 Å². The molecule has 0 aromatic rings. The number of rotatable bonds is 5. The minimum absolute atomic E-state index is 0.986. The Bertz CT molecular complexity index is 232. The topological polar surface area (TPSA) is 12.0 Å². The first-order chi connectivity index (χ1) is 6.79. The van der Waals surface area contributed by atoms with E-state index in [0.29, 0.717) is 0 Å². The molecule has 0 spiro atoms. The average Bonchev–Trinajstić information content (AvgIpc) is 2.26. The van der Waals surface area contributed by atoms with Gasteiger partial charge in [0.25, 0.3) is 0 Å². The first kappa shape index (κ1) is 15.0. The van der Waals surface area contributed by atoms with Gasteiger partial charge in [0.2, 0.25) is 0 Å². The summed E-state index contributed by atoms with van der Waals surface area (Å²) in [6.07, 6.45) is 8.98. The van der Waals surface area contributed by atoms with Crippen LogP contribution in [0.3, 0.4) is 0 Å². The molecule has 1 nitrogen and oxygen atoms in total. The van der Waals surface area contributed by atoms with Gasteiger partial charge < -0.3 is 5.32 Å². The second kappa shape index (κ2) is 11.5. The average molecular weight is 191 g/mol. The summed E-state index contributed by atoms with van der Waals surface area (Å²) in [6, 6.07) is 0. The van der Waals surface area contributed by atoms with E-state index >= 15 is 0 Å². The first-order valence-electron chi connectivity index (χ1n) is 4.79. The van der Waals surface area contributed by atoms with Gasteiger partial charge in [-0.15, -0.1) is 0 Å². The Kier molecular flexibility index (Phi) is 12.3. The van der Waals surface area contributed by atoms with Crippen LogP contribution in [0.15, 0.2) is 61.5 Å². The highest BCUT2D eigenvalue weighted by Gasteiger charge is 1.94. The molecule has 0 rings (SSSR count). The lowest BCUT2D eigenvalue weighted by molar-refractivity contribution is 1.08. The molecule has 0 saturated carbocycles. The van der Waals surface area contributed by atoms with E-state index in [1.807, 2.05) is 32.9 Å². The molecule has 0 aromatic heterocycles. The van der Waals surface area contributed by atoms with Crippen molar-refractivity contribution in [1.29, 1.82) is 0 Å². The van der Waals surface area contributed by atoms with E-state index in [9.17, 15) is 0 Å². The lowest BCUT2D eigenvalue weighted by Crippen LogP contribution is -2.05. The molecule has 0 saturated heterocycles. The fourth-order valence-electron chi connectivity index (χ4n) is 0.838. The maximum atomic E-state index is 3.70. The minimum Gasteiger partial charge on any atom is -0.362 e. The van der Waals surface area contributed by atoms with Gasteiger partial charge >= 0.3 is 0 Å². The van der Waals surface area contributed by atoms with Crippen molar-refractivity contribution < 1.29 is 0 Å². The van der Waals surface area contributed by atoms with Gasteiger partial charge in [-0.05, 0) is 18.7 Å². The van der Waals surface area contributed by atoms with Crippen molar-refractivity contribution in [1.82, 2.24) is 5.32 Å². The van der Waals surface area contributed by atoms with E-state index < -0.39 is 0 Å². The SMILES string of the molecule is C=C/C=C(C=C)\C(=C/C)NC=C.CC. The molecule has 0 aliphatic heterocycles. The molecule has 0 radical (unpaired) electrons. The Labute approximate surface area is 88.2 Å². The van der Waals surface area contributed by atoms with Gasteiger partial charge in [0, 0.05) is 5.70 Å². The van der Waals surface area contributed by atoms with Crippen LogP contribution in [0, 0.1) is 0 Å². The number of hydrogen-bond acceptors (Lipinski definition) is 1. The zero-order valence-corrected chi connectivity index (χ0v) is 9.51. The highest BCUT2D eigenvalue weighted by molar-refractivity contribution is 5.40. The Morgan fingerprint density at radius 1 is 1.14 bits per heavy atom. The summed E-state index contributed by atoms with van der Waals surface area (Å²) in [5, 5.41) is 3.01. The summed E-state index contributed by atoms with van der Waals surface area (Å²) >= 11 is 0. The normalized spacial score (nSPS) is 10.8. The van der Waals surface area contributed by atoms with Gasteiger partial charge in [0.15, 0.2) is 0 Å². The van der Waals surface area contributed by atoms with Crippen LogP contribution in [0.25, 0.3) is 0 Å². The van der Waals surface area contributed by atoms with Crippen molar-refractivity contribution in [3.05, 3.63) is 61.5 Å². The van der Waals surface area contributed by atoms with Crippen molar-refractivity contribution in [2.24, 2.45) is 0 Å². The maximum Gasteiger partial charge on any atom is 0.0409 e. The Balaban J connectivity index is 0. The third-order valence-electron chi connectivity index (χ3n) is 1.37. The van der Waals surface area contributed by atoms with E-state index in [1.165, 1.54) is 0 Å². The van der Waals surface area contributed by atoms with Gasteiger partial charge in [0.1, 0.15) is 0 Å². The van der Waals surface area contributed by atoms with Crippen LogP contribution >= 0.6 is 0 Å². The largest absolute Gasteiger partial charge is 0.362 e. The molecule has 1 N–H and O–H groups in total. The first-order valence-corrected chi connectivity index (χ1v) is 4.79. The molecule has 0 aliphatic rings. The number of hydrogen-bond donors (Lipinski definition) is 1. The third kappa shape index (κ3) is 6.06. The summed E-state index contributed by atoms with van der Waals surface area (Å²) < 4.78 is 0. The number of allylic oxidation sites excluding steroid dienone is 4. The summed E-state index contributed by atoms with van der Waals surface area (Å²) in [5.41, 5.74) is 1.99. The van der Waals surface area contributed by atoms with Crippen molar-refractivity contribution in [2.45, 2.75) is 20.8 Å². The molecule has 0 aliphatic carbocycles. The fraction of sp³-hybridized carbons (Fsp3) is 0.231. The van der Waals surface area contributed by atoms with Crippen LogP contribution in [0.4, 0.5) is 0 Å². The van der Waals surface area contributed by atoms with E-state index in [2.05, 4.69) is 25.1 Å². The predicted molar refractivity (Wildman–Crippen MR) is 66.9 cm³/mol. The summed E-state index contributed by atoms with van der Waals surface area (Å²) in [4.78, 5) is 0. The van der Waals surface area contributed by atoms with E-state index in [0.717, 1.165) is 11.3 Å². The van der Waals surface area contributed by atoms with Crippen molar-refractivity contribution in [3.63, 3.8) is 0 Å². The molecule has 0 amide bonds. The summed E-state index contributed by atoms with van der Waals surface area (Å²) in [5.74, 6) is 0. The highest BCUT2D eigenvalue weighted by Crippen LogP contribution is 2.07. The third-order valence-corrected chi connectivity index (χ3v) is 1.37. The summed E-state index contributed by atoms with van der Waals surface area (Å²) in [7, 11) is 0. The Morgan fingerprint density at radius 2 is 1.71 bits per heavy atom. The Morgan fingerprint density at radius 3 is 2.00 bits per heavy atom. The van der Waals surface area contributed by atoms with Crippen LogP contribution in [0.5, 0.6) is 0 Å². The van der Waals surface area contributed by atoms with Crippen LogP contribution in [-0.4, -0.2) is 0 Å². The molecule has 0 unspecified atom stereocenters. The molecule has 0 fully saturated rings. The monoisotopic (exact) mass is 191 g/mol. The van der Waals surface area contributed by atoms with Crippen LogP contribution in [0.1, 0.15) is 20.8 Å². The second-order valence-electron chi connectivity index (χ2n) is 2.11. The fourth-order valence-corrected chi connectivity index (χ4v) is 0.838. The molecular formula is C13H21N. The zero-order chi connectivity index (χ0) is 11.4. The standard InChI is InChI=1S/C11H15N.C2H6/c1-5-9-10(6-2)11(7-3)12-8-4;1-2/h5-9,12H,1-2,4H2,3H3;1-2H3/b10-9-,11-7+;. The van der Waals surface area contributed by atoms with E-state index in [4.69, 9.17) is 0 Å². The van der Waals surface area contributed by atoms with Crippen molar-refractivity contribution in [2.75, 3.05) is 0 Å². The highest BCUT2D eigenvalue weighted by atomic mass is 14.8. The van der Waals surface area contributed by atoms with Gasteiger partial charge in [0.05, 0.1) is 0 Å².